The number of hydrogen-bond donors (Lipinski definition) is 2. The lowest BCUT2D eigenvalue weighted by Crippen LogP contribution is -2.38. The number of aromatic nitrogens is 4. The summed E-state index contributed by atoms with van der Waals surface area (Å²) in [6.45, 7) is 2.71. The predicted molar refractivity (Wildman–Crippen MR) is 159 cm³/mol. The Balaban J connectivity index is 1.48. The molecule has 43 heavy (non-hydrogen) atoms. The normalized spacial score (nSPS) is 20.7. The number of hydrogen-bond acceptors (Lipinski definition) is 10. The maximum absolute atomic E-state index is 12.6. The van der Waals surface area contributed by atoms with Crippen molar-refractivity contribution in [2.75, 3.05) is 11.1 Å². The summed E-state index contributed by atoms with van der Waals surface area (Å²) >= 11 is 1.49. The van der Waals surface area contributed by atoms with Gasteiger partial charge in [-0.05, 0) is 46.2 Å². The Labute approximate surface area is 253 Å². The van der Waals surface area contributed by atoms with Crippen LogP contribution in [0.3, 0.4) is 0 Å². The Hall–Kier alpha value is -4.10. The molecular weight excluding hydrogens is 570 g/mol. The average molecular weight is 604 g/mol. The number of carbonyl (C=O) groups is 2. The highest BCUT2D eigenvalue weighted by Gasteiger charge is 2.42. The van der Waals surface area contributed by atoms with E-state index in [-0.39, 0.29) is 18.6 Å². The van der Waals surface area contributed by atoms with Crippen LogP contribution in [0.25, 0.3) is 0 Å². The first kappa shape index (κ1) is 30.4. The van der Waals surface area contributed by atoms with Crippen molar-refractivity contribution in [2.45, 2.75) is 56.1 Å². The molecule has 5 atom stereocenters. The molecular formula is C31H33N5O6S. The molecule has 1 aliphatic heterocycles. The molecule has 0 bridgehead atoms. The molecule has 4 aromatic rings. The number of anilines is 1. The largest absolute Gasteiger partial charge is 0.453 e. The quantitative estimate of drug-likeness (QED) is 0.199. The van der Waals surface area contributed by atoms with Gasteiger partial charge in [0.2, 0.25) is 5.16 Å². The number of aryl methyl sites for hydroxylation is 1. The number of thioether (sulfide) groups is 1. The summed E-state index contributed by atoms with van der Waals surface area (Å²) in [5.41, 5.74) is 4.01. The smallest absolute Gasteiger partial charge is 0.303 e. The van der Waals surface area contributed by atoms with Crippen LogP contribution in [0.1, 0.15) is 54.4 Å². The van der Waals surface area contributed by atoms with Gasteiger partial charge in [-0.25, -0.2) is 4.68 Å². The van der Waals surface area contributed by atoms with Crippen LogP contribution in [-0.2, 0) is 37.5 Å². The van der Waals surface area contributed by atoms with Crippen molar-refractivity contribution in [3.63, 3.8) is 0 Å². The number of esters is 1. The van der Waals surface area contributed by atoms with Crippen LogP contribution < -0.4 is 5.32 Å². The Morgan fingerprint density at radius 1 is 1.02 bits per heavy atom. The van der Waals surface area contributed by atoms with E-state index in [1.54, 1.807) is 29.9 Å². The molecule has 12 heteroatoms. The van der Waals surface area contributed by atoms with E-state index in [4.69, 9.17) is 14.2 Å². The molecule has 1 aromatic heterocycles. The van der Waals surface area contributed by atoms with Crippen molar-refractivity contribution in [2.24, 2.45) is 7.05 Å². The third-order valence-corrected chi connectivity index (χ3v) is 8.17. The van der Waals surface area contributed by atoms with Crippen LogP contribution in [0.4, 0.5) is 5.69 Å². The second kappa shape index (κ2) is 13.9. The average Bonchev–Trinajstić information content (AvgIpc) is 3.44. The summed E-state index contributed by atoms with van der Waals surface area (Å²) in [5.74, 6) is -0.628. The SMILES string of the molecule is CC(=O)OC(C)C(=O)Nc1cccc(C2OC(CSc3nnnn3C)C(c3ccccc3)C(c3ccc(CO)cc3)O2)c1. The summed E-state index contributed by atoms with van der Waals surface area (Å²) in [6, 6.07) is 25.0. The minimum absolute atomic E-state index is 0.0563. The van der Waals surface area contributed by atoms with E-state index in [9.17, 15) is 14.7 Å². The molecule has 3 aromatic carbocycles. The standard InChI is InChI=1S/C31H33N5O6S/c1-19(40-20(2)38)29(39)32-25-11-7-10-24(16-25)30-41-26(18-43-31-33-34-35-36(31)3)27(22-8-5-4-6-9-22)28(42-30)23-14-12-21(17-37)13-15-23/h4-16,19,26-28,30,37H,17-18H2,1-3H3,(H,32,39). The number of benzene rings is 3. The van der Waals surface area contributed by atoms with Crippen LogP contribution >= 0.6 is 11.8 Å². The lowest BCUT2D eigenvalue weighted by Gasteiger charge is -2.43. The van der Waals surface area contributed by atoms with Crippen molar-refractivity contribution in [1.82, 2.24) is 20.2 Å². The number of ether oxygens (including phenoxy) is 3. The van der Waals surface area contributed by atoms with Crippen molar-refractivity contribution < 1.29 is 28.9 Å². The second-order valence-electron chi connectivity index (χ2n) is 10.2. The van der Waals surface area contributed by atoms with E-state index >= 15 is 0 Å². The molecule has 0 radical (unpaired) electrons. The molecule has 5 rings (SSSR count). The molecule has 1 amide bonds. The molecule has 2 heterocycles. The molecule has 224 valence electrons. The number of amides is 1. The van der Waals surface area contributed by atoms with E-state index in [1.807, 2.05) is 48.5 Å². The second-order valence-corrected chi connectivity index (χ2v) is 11.1. The fraction of sp³-hybridized carbons (Fsp3) is 0.323. The Morgan fingerprint density at radius 2 is 1.77 bits per heavy atom. The third-order valence-electron chi connectivity index (χ3n) is 7.07. The first-order valence-corrected chi connectivity index (χ1v) is 14.8. The van der Waals surface area contributed by atoms with Gasteiger partial charge in [0.15, 0.2) is 12.4 Å². The van der Waals surface area contributed by atoms with Gasteiger partial charge in [-0.15, -0.1) is 5.10 Å². The first-order chi connectivity index (χ1) is 20.8. The van der Waals surface area contributed by atoms with Crippen LogP contribution in [0.5, 0.6) is 0 Å². The summed E-state index contributed by atoms with van der Waals surface area (Å²) < 4.78 is 20.0. The van der Waals surface area contributed by atoms with Crippen molar-refractivity contribution in [1.29, 1.82) is 0 Å². The lowest BCUT2D eigenvalue weighted by molar-refractivity contribution is -0.255. The summed E-state index contributed by atoms with van der Waals surface area (Å²) in [5, 5.41) is 24.9. The monoisotopic (exact) mass is 603 g/mol. The van der Waals surface area contributed by atoms with Crippen LogP contribution in [0.2, 0.25) is 0 Å². The maximum Gasteiger partial charge on any atom is 0.303 e. The zero-order chi connectivity index (χ0) is 30.3. The first-order valence-electron chi connectivity index (χ1n) is 13.8. The number of rotatable bonds is 10. The molecule has 11 nitrogen and oxygen atoms in total. The minimum atomic E-state index is -0.947. The number of aliphatic hydroxyl groups is 1. The van der Waals surface area contributed by atoms with Gasteiger partial charge in [0, 0.05) is 36.9 Å². The number of aliphatic hydroxyl groups excluding tert-OH is 1. The lowest BCUT2D eigenvalue weighted by atomic mass is 9.84. The summed E-state index contributed by atoms with van der Waals surface area (Å²) in [6.07, 6.45) is -2.45. The van der Waals surface area contributed by atoms with Crippen LogP contribution in [0.15, 0.2) is 84.0 Å². The molecule has 1 aliphatic rings. The minimum Gasteiger partial charge on any atom is -0.453 e. The molecule has 1 fully saturated rings. The molecule has 0 saturated carbocycles. The molecule has 5 unspecified atom stereocenters. The van der Waals surface area contributed by atoms with E-state index in [0.717, 1.165) is 16.7 Å². The summed E-state index contributed by atoms with van der Waals surface area (Å²) in [7, 11) is 1.79. The predicted octanol–water partition coefficient (Wildman–Crippen LogP) is 4.32. The highest BCUT2D eigenvalue weighted by Crippen LogP contribution is 2.48. The van der Waals surface area contributed by atoms with Gasteiger partial charge in [0.05, 0.1) is 18.8 Å². The van der Waals surface area contributed by atoms with Gasteiger partial charge in [0.25, 0.3) is 5.91 Å². The highest BCUT2D eigenvalue weighted by molar-refractivity contribution is 7.99. The van der Waals surface area contributed by atoms with Crippen LogP contribution in [0, 0.1) is 0 Å². The van der Waals surface area contributed by atoms with E-state index in [1.165, 1.54) is 25.6 Å². The highest BCUT2D eigenvalue weighted by atomic mass is 32.2. The van der Waals surface area contributed by atoms with Crippen LogP contribution in [-0.4, -0.2) is 55.2 Å². The fourth-order valence-corrected chi connectivity index (χ4v) is 5.88. The Bertz CT molecular complexity index is 1530. The van der Waals surface area contributed by atoms with E-state index < -0.39 is 30.4 Å². The molecule has 1 saturated heterocycles. The van der Waals surface area contributed by atoms with Gasteiger partial charge in [0.1, 0.15) is 0 Å². The van der Waals surface area contributed by atoms with Crippen molar-refractivity contribution in [3.05, 3.63) is 101 Å². The molecule has 0 spiro atoms. The van der Waals surface area contributed by atoms with Gasteiger partial charge in [-0.2, -0.15) is 0 Å². The number of nitrogens with zero attached hydrogens (tertiary/aromatic N) is 4. The Kier molecular flexibility index (Phi) is 9.82. The molecule has 2 N–H and O–H groups in total. The fourth-order valence-electron chi connectivity index (χ4n) is 4.96. The van der Waals surface area contributed by atoms with Crippen molar-refractivity contribution >= 4 is 29.3 Å². The molecule has 0 aliphatic carbocycles. The Morgan fingerprint density at radius 3 is 2.44 bits per heavy atom. The third kappa shape index (κ3) is 7.46. The zero-order valence-corrected chi connectivity index (χ0v) is 24.8. The maximum atomic E-state index is 12.6. The van der Waals surface area contributed by atoms with Gasteiger partial charge >= 0.3 is 5.97 Å². The van der Waals surface area contributed by atoms with Gasteiger partial charge < -0.3 is 24.6 Å². The van der Waals surface area contributed by atoms with E-state index in [2.05, 4.69) is 33.0 Å². The van der Waals surface area contributed by atoms with E-state index in [0.29, 0.717) is 22.2 Å². The van der Waals surface area contributed by atoms with Gasteiger partial charge in [-0.1, -0.05) is 78.5 Å². The number of carbonyl (C=O) groups excluding carboxylic acids is 2. The van der Waals surface area contributed by atoms with Gasteiger partial charge in [-0.3, -0.25) is 9.59 Å². The number of nitrogens with one attached hydrogen (secondary N) is 1. The number of tetrazole rings is 1. The van der Waals surface area contributed by atoms with Crippen molar-refractivity contribution in [3.8, 4) is 0 Å². The zero-order valence-electron chi connectivity index (χ0n) is 24.0. The summed E-state index contributed by atoms with van der Waals surface area (Å²) in [4.78, 5) is 23.9. The topological polar surface area (TPSA) is 138 Å².